The van der Waals surface area contributed by atoms with Gasteiger partial charge in [0, 0.05) is 31.7 Å². The van der Waals surface area contributed by atoms with Gasteiger partial charge >= 0.3 is 0 Å². The lowest BCUT2D eigenvalue weighted by Crippen LogP contribution is -2.32. The smallest absolute Gasteiger partial charge is 0.255 e. The second-order valence-electron chi connectivity index (χ2n) is 4.40. The standard InChI is InChI=1S/C14H19N3O/c1-3-8-16(9-4-2)14(18)12-5-6-13-15-7-10-17(13)11-12/h5-7,10-11H,3-4,8-9H2,1-2H3. The second kappa shape index (κ2) is 5.67. The van der Waals surface area contributed by atoms with Crippen LogP contribution in [0, 0.1) is 0 Å². The Bertz CT molecular complexity index is 527. The lowest BCUT2D eigenvalue weighted by atomic mass is 10.2. The fraction of sp³-hybridized carbons (Fsp3) is 0.429. The molecule has 4 nitrogen and oxygen atoms in total. The first-order chi connectivity index (χ1) is 8.76. The molecule has 0 aliphatic carbocycles. The van der Waals surface area contributed by atoms with Gasteiger partial charge in [0.15, 0.2) is 0 Å². The minimum Gasteiger partial charge on any atom is -0.339 e. The third-order valence-electron chi connectivity index (χ3n) is 2.91. The summed E-state index contributed by atoms with van der Waals surface area (Å²) in [5, 5.41) is 0. The van der Waals surface area contributed by atoms with E-state index < -0.39 is 0 Å². The molecule has 0 aliphatic rings. The summed E-state index contributed by atoms with van der Waals surface area (Å²) in [4.78, 5) is 18.5. The molecule has 4 heteroatoms. The van der Waals surface area contributed by atoms with E-state index in [1.165, 1.54) is 0 Å². The molecule has 0 atom stereocenters. The lowest BCUT2D eigenvalue weighted by molar-refractivity contribution is 0.0755. The predicted molar refractivity (Wildman–Crippen MR) is 71.7 cm³/mol. The molecule has 1 amide bonds. The molecule has 2 aromatic heterocycles. The largest absolute Gasteiger partial charge is 0.339 e. The highest BCUT2D eigenvalue weighted by atomic mass is 16.2. The zero-order valence-corrected chi connectivity index (χ0v) is 11.0. The van der Waals surface area contributed by atoms with E-state index in [9.17, 15) is 4.79 Å². The quantitative estimate of drug-likeness (QED) is 0.812. The van der Waals surface area contributed by atoms with Gasteiger partial charge in [-0.05, 0) is 25.0 Å². The first kappa shape index (κ1) is 12.6. The van der Waals surface area contributed by atoms with E-state index in [2.05, 4.69) is 18.8 Å². The highest BCUT2D eigenvalue weighted by Gasteiger charge is 2.14. The monoisotopic (exact) mass is 245 g/mol. The van der Waals surface area contributed by atoms with Gasteiger partial charge in [-0.15, -0.1) is 0 Å². The lowest BCUT2D eigenvalue weighted by Gasteiger charge is -2.21. The van der Waals surface area contributed by atoms with Crippen LogP contribution in [0.15, 0.2) is 30.7 Å². The van der Waals surface area contributed by atoms with Gasteiger partial charge in [0.25, 0.3) is 5.91 Å². The minimum atomic E-state index is 0.106. The molecule has 0 radical (unpaired) electrons. The number of carbonyl (C=O) groups is 1. The number of imidazole rings is 1. The Morgan fingerprint density at radius 1 is 1.28 bits per heavy atom. The number of pyridine rings is 1. The molecule has 0 aromatic carbocycles. The predicted octanol–water partition coefficient (Wildman–Crippen LogP) is 2.60. The van der Waals surface area contributed by atoms with Gasteiger partial charge in [-0.25, -0.2) is 4.98 Å². The van der Waals surface area contributed by atoms with E-state index in [0.29, 0.717) is 0 Å². The maximum atomic E-state index is 12.4. The third-order valence-corrected chi connectivity index (χ3v) is 2.91. The van der Waals surface area contributed by atoms with Crippen LogP contribution in [0.3, 0.4) is 0 Å². The Hall–Kier alpha value is -1.84. The van der Waals surface area contributed by atoms with E-state index in [-0.39, 0.29) is 5.91 Å². The van der Waals surface area contributed by atoms with Crippen molar-refractivity contribution in [1.29, 1.82) is 0 Å². The number of hydrogen-bond donors (Lipinski definition) is 0. The molecule has 0 saturated heterocycles. The van der Waals surface area contributed by atoms with Gasteiger partial charge in [0.1, 0.15) is 5.65 Å². The Morgan fingerprint density at radius 3 is 2.67 bits per heavy atom. The molecule has 0 aliphatic heterocycles. The normalized spacial score (nSPS) is 10.8. The summed E-state index contributed by atoms with van der Waals surface area (Å²) < 4.78 is 1.88. The molecule has 2 aromatic rings. The molecule has 0 spiro atoms. The third kappa shape index (κ3) is 2.53. The van der Waals surface area contributed by atoms with Crippen molar-refractivity contribution >= 4 is 11.6 Å². The number of aromatic nitrogens is 2. The zero-order chi connectivity index (χ0) is 13.0. The van der Waals surface area contributed by atoms with Crippen molar-refractivity contribution in [2.45, 2.75) is 26.7 Å². The number of amides is 1. The fourth-order valence-electron chi connectivity index (χ4n) is 2.08. The number of hydrogen-bond acceptors (Lipinski definition) is 2. The number of carbonyl (C=O) groups excluding carboxylic acids is 1. The van der Waals surface area contributed by atoms with Crippen LogP contribution >= 0.6 is 0 Å². The van der Waals surface area contributed by atoms with Gasteiger partial charge in [-0.3, -0.25) is 4.79 Å². The van der Waals surface area contributed by atoms with Crippen molar-refractivity contribution < 1.29 is 4.79 Å². The van der Waals surface area contributed by atoms with Gasteiger partial charge in [0.05, 0.1) is 5.56 Å². The molecule has 18 heavy (non-hydrogen) atoms. The number of rotatable bonds is 5. The summed E-state index contributed by atoms with van der Waals surface area (Å²) in [7, 11) is 0. The van der Waals surface area contributed by atoms with E-state index in [0.717, 1.165) is 37.1 Å². The van der Waals surface area contributed by atoms with E-state index in [1.807, 2.05) is 33.8 Å². The Balaban J connectivity index is 2.24. The first-order valence-electron chi connectivity index (χ1n) is 6.48. The Labute approximate surface area is 107 Å². The maximum Gasteiger partial charge on any atom is 0.255 e. The Morgan fingerprint density at radius 2 is 2.00 bits per heavy atom. The molecular weight excluding hydrogens is 226 g/mol. The molecule has 0 unspecified atom stereocenters. The topological polar surface area (TPSA) is 37.6 Å². The van der Waals surface area contributed by atoms with Crippen molar-refractivity contribution in [2.24, 2.45) is 0 Å². The highest BCUT2D eigenvalue weighted by molar-refractivity contribution is 5.94. The van der Waals surface area contributed by atoms with Crippen LogP contribution in [0.2, 0.25) is 0 Å². The van der Waals surface area contributed by atoms with Crippen LogP contribution in [-0.4, -0.2) is 33.3 Å². The average Bonchev–Trinajstić information content (AvgIpc) is 2.84. The van der Waals surface area contributed by atoms with Gasteiger partial charge in [0.2, 0.25) is 0 Å². The number of fused-ring (bicyclic) bond motifs is 1. The molecule has 2 rings (SSSR count). The summed E-state index contributed by atoms with van der Waals surface area (Å²) in [5.74, 6) is 0.106. The zero-order valence-electron chi connectivity index (χ0n) is 11.0. The van der Waals surface area contributed by atoms with Crippen LogP contribution in [0.4, 0.5) is 0 Å². The van der Waals surface area contributed by atoms with Crippen molar-refractivity contribution in [3.63, 3.8) is 0 Å². The van der Waals surface area contributed by atoms with E-state index in [4.69, 9.17) is 0 Å². The summed E-state index contributed by atoms with van der Waals surface area (Å²) in [6.45, 7) is 5.81. The molecule has 0 fully saturated rings. The van der Waals surface area contributed by atoms with Crippen molar-refractivity contribution in [3.8, 4) is 0 Å². The van der Waals surface area contributed by atoms with Gasteiger partial charge in [-0.2, -0.15) is 0 Å². The van der Waals surface area contributed by atoms with Crippen LogP contribution in [0.5, 0.6) is 0 Å². The molecule has 0 bridgehead atoms. The van der Waals surface area contributed by atoms with Crippen molar-refractivity contribution in [1.82, 2.24) is 14.3 Å². The highest BCUT2D eigenvalue weighted by Crippen LogP contribution is 2.09. The molecule has 96 valence electrons. The van der Waals surface area contributed by atoms with Crippen molar-refractivity contribution in [2.75, 3.05) is 13.1 Å². The van der Waals surface area contributed by atoms with Crippen LogP contribution < -0.4 is 0 Å². The SMILES string of the molecule is CCCN(CCC)C(=O)c1ccc2nccn2c1. The van der Waals surface area contributed by atoms with Crippen molar-refractivity contribution in [3.05, 3.63) is 36.3 Å². The summed E-state index contributed by atoms with van der Waals surface area (Å²) in [6, 6.07) is 3.73. The molecule has 2 heterocycles. The van der Waals surface area contributed by atoms with Crippen LogP contribution in [0.25, 0.3) is 5.65 Å². The number of nitrogens with zero attached hydrogens (tertiary/aromatic N) is 3. The van der Waals surface area contributed by atoms with Crippen LogP contribution in [-0.2, 0) is 0 Å². The van der Waals surface area contributed by atoms with E-state index in [1.54, 1.807) is 6.20 Å². The van der Waals surface area contributed by atoms with Gasteiger partial charge < -0.3 is 9.30 Å². The Kier molecular flexibility index (Phi) is 3.97. The average molecular weight is 245 g/mol. The summed E-state index contributed by atoms with van der Waals surface area (Å²) in [6.07, 6.45) is 7.41. The van der Waals surface area contributed by atoms with Gasteiger partial charge in [-0.1, -0.05) is 13.8 Å². The van der Waals surface area contributed by atoms with E-state index >= 15 is 0 Å². The minimum absolute atomic E-state index is 0.106. The molecular formula is C14H19N3O. The second-order valence-corrected chi connectivity index (χ2v) is 4.40. The molecule has 0 saturated carbocycles. The summed E-state index contributed by atoms with van der Waals surface area (Å²) in [5.41, 5.74) is 1.59. The summed E-state index contributed by atoms with van der Waals surface area (Å²) >= 11 is 0. The fourth-order valence-corrected chi connectivity index (χ4v) is 2.08. The first-order valence-corrected chi connectivity index (χ1v) is 6.48. The maximum absolute atomic E-state index is 12.4. The van der Waals surface area contributed by atoms with Crippen LogP contribution in [0.1, 0.15) is 37.0 Å². The molecule has 0 N–H and O–H groups in total.